The zero-order valence-corrected chi connectivity index (χ0v) is 7.83. The minimum absolute atomic E-state index is 0.152. The molecule has 0 bridgehead atoms. The van der Waals surface area contributed by atoms with Crippen molar-refractivity contribution in [2.45, 2.75) is 13.8 Å². The number of aromatic nitrogens is 4. The molecule has 0 aliphatic carbocycles. The normalized spacial score (nSPS) is 11.0. The third-order valence-electron chi connectivity index (χ3n) is 2.06. The maximum atomic E-state index is 11.2. The van der Waals surface area contributed by atoms with Gasteiger partial charge in [0.2, 0.25) is 0 Å². The molecule has 2 heterocycles. The van der Waals surface area contributed by atoms with Gasteiger partial charge in [0.15, 0.2) is 0 Å². The molecule has 68 valence electrons. The molecule has 0 amide bonds. The number of aromatic amines is 1. The standard InChI is InChI=1S/C8H10N4O/c1-5-4-6(2)12-7(9-5)11(3)8(13)10-12/h4H,1-3H3/p+1. The Labute approximate surface area is 74.6 Å². The molecule has 2 aromatic rings. The molecule has 0 saturated heterocycles. The van der Waals surface area contributed by atoms with E-state index in [0.717, 1.165) is 11.4 Å². The minimum atomic E-state index is -0.152. The quantitative estimate of drug-likeness (QED) is 0.552. The van der Waals surface area contributed by atoms with Gasteiger partial charge in [-0.25, -0.2) is 4.79 Å². The van der Waals surface area contributed by atoms with Gasteiger partial charge < -0.3 is 0 Å². The van der Waals surface area contributed by atoms with Crippen molar-refractivity contribution in [2.75, 3.05) is 0 Å². The van der Waals surface area contributed by atoms with E-state index in [1.807, 2.05) is 19.9 Å². The highest BCUT2D eigenvalue weighted by Crippen LogP contribution is 1.95. The van der Waals surface area contributed by atoms with Gasteiger partial charge in [-0.3, -0.25) is 0 Å². The van der Waals surface area contributed by atoms with Gasteiger partial charge in [-0.15, -0.1) is 4.52 Å². The van der Waals surface area contributed by atoms with E-state index in [-0.39, 0.29) is 5.69 Å². The molecule has 1 N–H and O–H groups in total. The number of aryl methyl sites for hydroxylation is 3. The van der Waals surface area contributed by atoms with Gasteiger partial charge in [0.1, 0.15) is 11.4 Å². The Morgan fingerprint density at radius 3 is 2.92 bits per heavy atom. The average molecular weight is 179 g/mol. The van der Waals surface area contributed by atoms with Gasteiger partial charge in [0.25, 0.3) is 0 Å². The lowest BCUT2D eigenvalue weighted by Crippen LogP contribution is -2.30. The fraction of sp³-hybridized carbons (Fsp3) is 0.375. The number of hydrogen-bond donors (Lipinski definition) is 1. The SMILES string of the molecule is Cc1cc(C)[n+]2[nH]c(=O)n(C)c2n1. The van der Waals surface area contributed by atoms with Crippen LogP contribution in [-0.2, 0) is 7.05 Å². The maximum Gasteiger partial charge on any atom is 0.425 e. The number of H-pyrrole nitrogens is 1. The summed E-state index contributed by atoms with van der Waals surface area (Å²) < 4.78 is 3.16. The van der Waals surface area contributed by atoms with Crippen LogP contribution in [0, 0.1) is 13.8 Å². The van der Waals surface area contributed by atoms with Crippen LogP contribution in [0.15, 0.2) is 10.9 Å². The average Bonchev–Trinajstić information content (AvgIpc) is 2.32. The van der Waals surface area contributed by atoms with Crippen LogP contribution in [0.3, 0.4) is 0 Å². The van der Waals surface area contributed by atoms with Gasteiger partial charge in [-0.2, -0.15) is 9.67 Å². The summed E-state index contributed by atoms with van der Waals surface area (Å²) in [7, 11) is 1.69. The van der Waals surface area contributed by atoms with E-state index in [0.29, 0.717) is 5.78 Å². The summed E-state index contributed by atoms with van der Waals surface area (Å²) in [5.74, 6) is 0.641. The third-order valence-corrected chi connectivity index (χ3v) is 2.06. The summed E-state index contributed by atoms with van der Waals surface area (Å²) in [6, 6.07) is 1.92. The minimum Gasteiger partial charge on any atom is -0.226 e. The van der Waals surface area contributed by atoms with Gasteiger partial charge in [-0.05, 0) is 13.8 Å². The van der Waals surface area contributed by atoms with Crippen LogP contribution >= 0.6 is 0 Å². The Kier molecular flexibility index (Phi) is 1.48. The van der Waals surface area contributed by atoms with Crippen LogP contribution in [0.25, 0.3) is 5.78 Å². The highest BCUT2D eigenvalue weighted by molar-refractivity contribution is 5.20. The van der Waals surface area contributed by atoms with Gasteiger partial charge >= 0.3 is 11.5 Å². The van der Waals surface area contributed by atoms with Crippen LogP contribution in [0.1, 0.15) is 11.4 Å². The largest absolute Gasteiger partial charge is 0.425 e. The molecule has 2 aromatic heterocycles. The molecule has 0 atom stereocenters. The number of nitrogens with one attached hydrogen (secondary N) is 1. The maximum absolute atomic E-state index is 11.2. The van der Waals surface area contributed by atoms with Crippen LogP contribution in [0.4, 0.5) is 0 Å². The first-order valence-electron chi connectivity index (χ1n) is 4.04. The first-order chi connectivity index (χ1) is 6.09. The molecule has 0 aliphatic rings. The number of nitrogens with zero attached hydrogens (tertiary/aromatic N) is 3. The summed E-state index contributed by atoms with van der Waals surface area (Å²) in [6.07, 6.45) is 0. The predicted molar refractivity (Wildman–Crippen MR) is 46.5 cm³/mol. The zero-order chi connectivity index (χ0) is 9.59. The molecule has 2 rings (SSSR count). The van der Waals surface area contributed by atoms with Gasteiger partial charge in [-0.1, -0.05) is 4.98 Å². The van der Waals surface area contributed by atoms with E-state index in [9.17, 15) is 4.79 Å². The Bertz CT molecular complexity index is 523. The van der Waals surface area contributed by atoms with Crippen molar-refractivity contribution in [1.82, 2.24) is 14.6 Å². The lowest BCUT2D eigenvalue weighted by Gasteiger charge is -1.91. The smallest absolute Gasteiger partial charge is 0.226 e. The van der Waals surface area contributed by atoms with Gasteiger partial charge in [0, 0.05) is 6.07 Å². The van der Waals surface area contributed by atoms with E-state index in [4.69, 9.17) is 0 Å². The van der Waals surface area contributed by atoms with E-state index >= 15 is 0 Å². The summed E-state index contributed by atoms with van der Waals surface area (Å²) in [4.78, 5) is 15.5. The molecule has 0 aromatic carbocycles. The Balaban J connectivity index is 3.03. The molecule has 0 aliphatic heterocycles. The highest BCUT2D eigenvalue weighted by Gasteiger charge is 2.14. The topological polar surface area (TPSA) is 54.8 Å². The second-order valence-corrected chi connectivity index (χ2v) is 3.15. The van der Waals surface area contributed by atoms with E-state index in [1.165, 1.54) is 4.57 Å². The van der Waals surface area contributed by atoms with Crippen LogP contribution < -0.4 is 10.2 Å². The molecular formula is C8H11N4O+. The monoisotopic (exact) mass is 179 g/mol. The molecule has 5 nitrogen and oxygen atoms in total. The number of fused-ring (bicyclic) bond motifs is 1. The lowest BCUT2D eigenvalue weighted by molar-refractivity contribution is -0.588. The van der Waals surface area contributed by atoms with Gasteiger partial charge in [0.05, 0.1) is 7.05 Å². The van der Waals surface area contributed by atoms with Crippen molar-refractivity contribution in [2.24, 2.45) is 7.05 Å². The fourth-order valence-electron chi connectivity index (χ4n) is 1.39. The van der Waals surface area contributed by atoms with E-state index in [1.54, 1.807) is 11.6 Å². The molecular weight excluding hydrogens is 168 g/mol. The Morgan fingerprint density at radius 1 is 1.54 bits per heavy atom. The van der Waals surface area contributed by atoms with Crippen LogP contribution in [0.5, 0.6) is 0 Å². The molecule has 0 radical (unpaired) electrons. The highest BCUT2D eigenvalue weighted by atomic mass is 16.1. The first kappa shape index (κ1) is 7.97. The first-order valence-corrected chi connectivity index (χ1v) is 4.04. The summed E-state index contributed by atoms with van der Waals surface area (Å²) in [5, 5.41) is 2.68. The van der Waals surface area contributed by atoms with Crippen LogP contribution in [0.2, 0.25) is 0 Å². The van der Waals surface area contributed by atoms with E-state index < -0.39 is 0 Å². The Morgan fingerprint density at radius 2 is 2.23 bits per heavy atom. The third kappa shape index (κ3) is 1.04. The fourth-order valence-corrected chi connectivity index (χ4v) is 1.39. The predicted octanol–water partition coefficient (Wildman–Crippen LogP) is -0.536. The van der Waals surface area contributed by atoms with E-state index in [2.05, 4.69) is 10.1 Å². The Hall–Kier alpha value is -1.65. The summed E-state index contributed by atoms with van der Waals surface area (Å²) in [6.45, 7) is 3.84. The van der Waals surface area contributed by atoms with Crippen molar-refractivity contribution in [1.29, 1.82) is 0 Å². The zero-order valence-electron chi connectivity index (χ0n) is 7.83. The van der Waals surface area contributed by atoms with Crippen molar-refractivity contribution < 1.29 is 4.52 Å². The van der Waals surface area contributed by atoms with Crippen molar-refractivity contribution in [3.8, 4) is 0 Å². The lowest BCUT2D eigenvalue weighted by atomic mass is 10.4. The summed E-state index contributed by atoms with van der Waals surface area (Å²) in [5.41, 5.74) is 1.73. The van der Waals surface area contributed by atoms with Crippen molar-refractivity contribution in [3.63, 3.8) is 0 Å². The summed E-state index contributed by atoms with van der Waals surface area (Å²) >= 11 is 0. The molecule has 0 saturated carbocycles. The van der Waals surface area contributed by atoms with Crippen molar-refractivity contribution in [3.05, 3.63) is 27.9 Å². The molecule has 0 unspecified atom stereocenters. The van der Waals surface area contributed by atoms with Crippen molar-refractivity contribution >= 4 is 5.78 Å². The number of rotatable bonds is 0. The second kappa shape index (κ2) is 2.42. The number of hydrogen-bond acceptors (Lipinski definition) is 2. The molecule has 0 fully saturated rings. The molecule has 5 heteroatoms. The molecule has 0 spiro atoms. The van der Waals surface area contributed by atoms with Crippen LogP contribution in [-0.4, -0.2) is 14.6 Å². The molecule has 13 heavy (non-hydrogen) atoms. The second-order valence-electron chi connectivity index (χ2n) is 3.15.